The quantitative estimate of drug-likeness (QED) is 0.203. The Morgan fingerprint density at radius 3 is 2.50 bits per heavy atom. The van der Waals surface area contributed by atoms with Gasteiger partial charge in [0.15, 0.2) is 17.7 Å². The molecule has 1 fully saturated rings. The van der Waals surface area contributed by atoms with E-state index in [1.807, 2.05) is 33.8 Å². The van der Waals surface area contributed by atoms with Gasteiger partial charge in [0.1, 0.15) is 34.2 Å². The van der Waals surface area contributed by atoms with Gasteiger partial charge in [-0.1, -0.05) is 29.8 Å². The summed E-state index contributed by atoms with van der Waals surface area (Å²) in [5, 5.41) is 10.9. The minimum absolute atomic E-state index is 0.124. The van der Waals surface area contributed by atoms with Gasteiger partial charge < -0.3 is 33.7 Å². The van der Waals surface area contributed by atoms with Crippen molar-refractivity contribution in [2.75, 3.05) is 44.9 Å². The predicted octanol–water partition coefficient (Wildman–Crippen LogP) is 8.17. The first-order valence-corrected chi connectivity index (χ1v) is 17.8. The van der Waals surface area contributed by atoms with Crippen molar-refractivity contribution in [2.45, 2.75) is 84.4 Å². The molecule has 10 nitrogen and oxygen atoms in total. The molecule has 0 amide bonds. The maximum Gasteiger partial charge on any atom is 0.337 e. The number of aliphatic carboxylic acids is 1. The van der Waals surface area contributed by atoms with Gasteiger partial charge >= 0.3 is 5.97 Å². The summed E-state index contributed by atoms with van der Waals surface area (Å²) in [5.74, 6) is -2.48. The summed E-state index contributed by atoms with van der Waals surface area (Å²) in [6, 6.07) is 9.33. The zero-order chi connectivity index (χ0) is 37.5. The van der Waals surface area contributed by atoms with Crippen LogP contribution in [-0.4, -0.2) is 77.8 Å². The van der Waals surface area contributed by atoms with E-state index < -0.39 is 41.0 Å². The summed E-state index contributed by atoms with van der Waals surface area (Å²) in [4.78, 5) is 20.3. The largest absolute Gasteiger partial charge is 0.488 e. The van der Waals surface area contributed by atoms with E-state index in [1.165, 1.54) is 0 Å². The molecule has 5 heterocycles. The van der Waals surface area contributed by atoms with E-state index in [-0.39, 0.29) is 24.1 Å². The number of pyridine rings is 1. The van der Waals surface area contributed by atoms with Gasteiger partial charge in [-0.25, -0.2) is 18.6 Å². The Labute approximate surface area is 307 Å². The van der Waals surface area contributed by atoms with Gasteiger partial charge in [0.05, 0.1) is 37.6 Å². The Balaban J connectivity index is 1.64. The molecule has 0 aliphatic carbocycles. The van der Waals surface area contributed by atoms with E-state index in [2.05, 4.69) is 11.8 Å². The van der Waals surface area contributed by atoms with Gasteiger partial charge in [-0.05, 0) is 77.6 Å². The second-order valence-corrected chi connectivity index (χ2v) is 15.1. The fraction of sp³-hybridized carbons (Fsp3) is 0.487. The molecule has 0 spiro atoms. The highest BCUT2D eigenvalue weighted by Crippen LogP contribution is 2.44. The van der Waals surface area contributed by atoms with E-state index in [4.69, 9.17) is 40.3 Å². The molecule has 2 aromatic carbocycles. The van der Waals surface area contributed by atoms with Gasteiger partial charge in [0.2, 0.25) is 0 Å². The van der Waals surface area contributed by atoms with Crippen LogP contribution in [0, 0.1) is 18.6 Å². The molecule has 1 N–H and O–H groups in total. The Morgan fingerprint density at radius 1 is 1.13 bits per heavy atom. The standard InChI is InChI=1S/C39H46ClF2N3O7/c1-22-20-49-15-16-50-39(6)11-13-44(14-12-39)36-31(33(37(46)47)52-38(3,4)5)23(2)27(21-48-7)35-43-32(34(40)45(35)36)25-10-8-9-24(17-25)26-18-28(41)29(42)19-30(26)51-22/h8-10,17-19,22,33H,11-16,20-21H2,1-7H3,(H,46,47)/t22-,33-/m0/s1. The number of piperidine rings is 1. The second-order valence-electron chi connectivity index (χ2n) is 14.8. The number of anilines is 1. The summed E-state index contributed by atoms with van der Waals surface area (Å²) >= 11 is 7.38. The third kappa shape index (κ3) is 7.63. The van der Waals surface area contributed by atoms with Gasteiger partial charge in [0.25, 0.3) is 0 Å². The lowest BCUT2D eigenvalue weighted by molar-refractivity contribution is -0.160. The average molecular weight is 742 g/mol. The van der Waals surface area contributed by atoms with E-state index in [9.17, 15) is 18.7 Å². The topological polar surface area (TPSA) is 104 Å². The first kappa shape index (κ1) is 37.9. The Kier molecular flexibility index (Phi) is 10.9. The summed E-state index contributed by atoms with van der Waals surface area (Å²) in [6.07, 6.45) is -0.535. The van der Waals surface area contributed by atoms with Crippen LogP contribution in [-0.2, 0) is 30.3 Å². The van der Waals surface area contributed by atoms with Gasteiger partial charge in [-0.15, -0.1) is 0 Å². The molecule has 0 unspecified atom stereocenters. The number of hydrogen-bond donors (Lipinski definition) is 1. The van der Waals surface area contributed by atoms with E-state index >= 15 is 0 Å². The van der Waals surface area contributed by atoms with Crippen LogP contribution in [0.1, 0.15) is 70.3 Å². The number of carboxylic acids is 1. The highest BCUT2D eigenvalue weighted by Gasteiger charge is 2.39. The van der Waals surface area contributed by atoms with Crippen molar-refractivity contribution >= 4 is 29.0 Å². The van der Waals surface area contributed by atoms with Crippen LogP contribution >= 0.6 is 11.6 Å². The Hall–Kier alpha value is -3.81. The number of ether oxygens (including phenoxy) is 5. The van der Waals surface area contributed by atoms with Crippen molar-refractivity contribution in [1.82, 2.24) is 9.38 Å². The van der Waals surface area contributed by atoms with Crippen LogP contribution in [0.15, 0.2) is 36.4 Å². The molecule has 1 saturated heterocycles. The number of fused-ring (bicyclic) bond motifs is 8. The van der Waals surface area contributed by atoms with Gasteiger partial charge in [-0.2, -0.15) is 0 Å². The van der Waals surface area contributed by atoms with Crippen molar-refractivity contribution in [3.63, 3.8) is 0 Å². The average Bonchev–Trinajstić information content (AvgIpc) is 3.42. The molecule has 3 aliphatic heterocycles. The number of methoxy groups -OCH3 is 1. The van der Waals surface area contributed by atoms with Crippen LogP contribution in [0.3, 0.4) is 0 Å². The van der Waals surface area contributed by atoms with Gasteiger partial charge in [-0.3, -0.25) is 4.40 Å². The zero-order valence-corrected chi connectivity index (χ0v) is 31.4. The highest BCUT2D eigenvalue weighted by molar-refractivity contribution is 6.32. The summed E-state index contributed by atoms with van der Waals surface area (Å²) in [6.45, 7) is 13.2. The third-order valence-corrected chi connectivity index (χ3v) is 9.94. The summed E-state index contributed by atoms with van der Waals surface area (Å²) in [5.41, 5.74) is 2.91. The number of nitrogens with zero attached hydrogens (tertiary/aromatic N) is 3. The monoisotopic (exact) mass is 741 g/mol. The number of halogens is 3. The summed E-state index contributed by atoms with van der Waals surface area (Å²) in [7, 11) is 1.56. The van der Waals surface area contributed by atoms with Crippen LogP contribution in [0.2, 0.25) is 5.15 Å². The van der Waals surface area contributed by atoms with Gasteiger partial charge in [0, 0.05) is 48.5 Å². The summed E-state index contributed by atoms with van der Waals surface area (Å²) < 4.78 is 61.5. The number of imidazole rings is 1. The van der Waals surface area contributed by atoms with Crippen LogP contribution in [0.25, 0.3) is 28.0 Å². The molecule has 0 radical (unpaired) electrons. The fourth-order valence-electron chi connectivity index (χ4n) is 7.00. The van der Waals surface area contributed by atoms with Crippen molar-refractivity contribution in [1.29, 1.82) is 0 Å². The molecule has 4 aromatic rings. The zero-order valence-electron chi connectivity index (χ0n) is 30.6. The number of hydrogen-bond acceptors (Lipinski definition) is 8. The third-order valence-electron chi connectivity index (χ3n) is 9.60. The van der Waals surface area contributed by atoms with Crippen LogP contribution in [0.5, 0.6) is 5.75 Å². The molecule has 52 heavy (non-hydrogen) atoms. The molecule has 2 aromatic heterocycles. The second kappa shape index (κ2) is 14.9. The lowest BCUT2D eigenvalue weighted by atomic mass is 9.92. The van der Waals surface area contributed by atoms with Crippen LogP contribution < -0.4 is 9.64 Å². The fourth-order valence-corrected chi connectivity index (χ4v) is 7.31. The van der Waals surface area contributed by atoms with Crippen molar-refractivity contribution in [3.05, 3.63) is 69.9 Å². The molecule has 3 aliphatic rings. The molecule has 13 heteroatoms. The van der Waals surface area contributed by atoms with E-state index in [0.29, 0.717) is 89.7 Å². The first-order chi connectivity index (χ1) is 24.6. The SMILES string of the molecule is COCc1c(C)c([C@H](OC(C)(C)C)C(=O)O)c2n3c(Cl)c(nc13)-c1cccc(c1)-c1cc(F)c(F)cc1O[C@@H](C)COCCOC1(C)CCN2CC1. The maximum absolute atomic E-state index is 14.8. The lowest BCUT2D eigenvalue weighted by Gasteiger charge is -2.42. The molecular weight excluding hydrogens is 696 g/mol. The van der Waals surface area contributed by atoms with E-state index in [0.717, 1.165) is 12.1 Å². The Bertz CT molecular complexity index is 1970. The predicted molar refractivity (Wildman–Crippen MR) is 194 cm³/mol. The number of carbonyl (C=O) groups is 1. The normalized spacial score (nSPS) is 20.5. The highest BCUT2D eigenvalue weighted by atomic mass is 35.5. The molecule has 0 saturated carbocycles. The number of aromatic nitrogens is 2. The lowest BCUT2D eigenvalue weighted by Crippen LogP contribution is -2.46. The maximum atomic E-state index is 14.8. The molecule has 2 atom stereocenters. The van der Waals surface area contributed by atoms with Crippen molar-refractivity contribution in [2.24, 2.45) is 0 Å². The molecular formula is C39H46ClF2N3O7. The number of carboxylic acid groups (broad SMARTS) is 1. The number of benzene rings is 2. The number of rotatable bonds is 5. The first-order valence-electron chi connectivity index (χ1n) is 17.5. The molecule has 280 valence electrons. The van der Waals surface area contributed by atoms with E-state index in [1.54, 1.807) is 36.6 Å². The van der Waals surface area contributed by atoms with Crippen LogP contribution in [0.4, 0.5) is 14.6 Å². The molecule has 7 rings (SSSR count). The minimum Gasteiger partial charge on any atom is -0.488 e. The molecule has 6 bridgehead atoms. The smallest absolute Gasteiger partial charge is 0.337 e. The minimum atomic E-state index is -1.35. The van der Waals surface area contributed by atoms with Crippen molar-refractivity contribution in [3.8, 4) is 28.1 Å². The Morgan fingerprint density at radius 2 is 1.83 bits per heavy atom. The van der Waals surface area contributed by atoms with Crippen molar-refractivity contribution < 1.29 is 42.4 Å².